The van der Waals surface area contributed by atoms with E-state index >= 15 is 0 Å². The number of hydrogen-bond donors (Lipinski definition) is 1. The number of rotatable bonds is 5. The first-order valence-electron chi connectivity index (χ1n) is 3.22. The molecular weight excluding hydrogens is 142 g/mol. The van der Waals surface area contributed by atoms with E-state index in [9.17, 15) is 9.59 Å². The molecule has 0 aliphatic rings. The summed E-state index contributed by atoms with van der Waals surface area (Å²) in [5.74, 6) is -0.225. The van der Waals surface area contributed by atoms with E-state index in [-0.39, 0.29) is 12.3 Å². The molecule has 1 N–H and O–H groups in total. The quantitative estimate of drug-likeness (QED) is 0.460. The summed E-state index contributed by atoms with van der Waals surface area (Å²) in [6.45, 7) is 6.76. The van der Waals surface area contributed by atoms with E-state index in [0.29, 0.717) is 6.29 Å². The summed E-state index contributed by atoms with van der Waals surface area (Å²) in [7, 11) is 0. The molecule has 0 heterocycles. The van der Waals surface area contributed by atoms with Crippen molar-refractivity contribution in [2.75, 3.05) is 0 Å². The molecule has 1 atom stereocenters. The first-order valence-corrected chi connectivity index (χ1v) is 3.22. The summed E-state index contributed by atoms with van der Waals surface area (Å²) < 4.78 is 0. The summed E-state index contributed by atoms with van der Waals surface area (Å²) in [6, 6.07) is -0.581. The van der Waals surface area contributed by atoms with Gasteiger partial charge in [0.15, 0.2) is 0 Å². The van der Waals surface area contributed by atoms with Crippen LogP contribution in [-0.2, 0) is 9.59 Å². The van der Waals surface area contributed by atoms with Crippen molar-refractivity contribution in [3.05, 3.63) is 25.3 Å². The van der Waals surface area contributed by atoms with Gasteiger partial charge in [-0.1, -0.05) is 12.2 Å². The molecule has 3 heteroatoms. The fourth-order valence-corrected chi connectivity index (χ4v) is 0.524. The fourth-order valence-electron chi connectivity index (χ4n) is 0.524. The zero-order valence-electron chi connectivity index (χ0n) is 6.25. The van der Waals surface area contributed by atoms with Crippen LogP contribution in [0.1, 0.15) is 6.42 Å². The average Bonchev–Trinajstić information content (AvgIpc) is 2.01. The van der Waals surface area contributed by atoms with Crippen molar-refractivity contribution < 1.29 is 9.59 Å². The van der Waals surface area contributed by atoms with Crippen LogP contribution in [0.15, 0.2) is 25.3 Å². The third-order valence-electron chi connectivity index (χ3n) is 1.06. The van der Waals surface area contributed by atoms with Crippen LogP contribution in [-0.4, -0.2) is 18.2 Å². The molecule has 11 heavy (non-hydrogen) atoms. The minimum atomic E-state index is -0.581. The molecule has 0 fully saturated rings. The van der Waals surface area contributed by atoms with Crippen molar-refractivity contribution in [1.82, 2.24) is 5.32 Å². The minimum Gasteiger partial charge on any atom is -0.343 e. The summed E-state index contributed by atoms with van der Waals surface area (Å²) in [5.41, 5.74) is 0. The standard InChI is InChI=1S/C8H11NO2/c1-3-5-8(11)9-7(4-2)6-10/h3-4,6-7H,1-2,5H2,(H,9,11). The van der Waals surface area contributed by atoms with Crippen LogP contribution in [0, 0.1) is 0 Å². The highest BCUT2D eigenvalue weighted by Crippen LogP contribution is 1.83. The summed E-state index contributed by atoms with van der Waals surface area (Å²) in [4.78, 5) is 20.9. The monoisotopic (exact) mass is 153 g/mol. The summed E-state index contributed by atoms with van der Waals surface area (Å²) >= 11 is 0. The summed E-state index contributed by atoms with van der Waals surface area (Å²) in [5, 5.41) is 2.42. The number of aldehydes is 1. The van der Waals surface area contributed by atoms with Crippen LogP contribution in [0.3, 0.4) is 0 Å². The highest BCUT2D eigenvalue weighted by atomic mass is 16.2. The zero-order chi connectivity index (χ0) is 8.69. The lowest BCUT2D eigenvalue weighted by molar-refractivity contribution is -0.122. The maximum Gasteiger partial charge on any atom is 0.224 e. The molecule has 0 bridgehead atoms. The maximum absolute atomic E-state index is 10.8. The van der Waals surface area contributed by atoms with E-state index in [2.05, 4.69) is 18.5 Å². The van der Waals surface area contributed by atoms with Gasteiger partial charge >= 0.3 is 0 Å². The van der Waals surface area contributed by atoms with Crippen LogP contribution in [0.2, 0.25) is 0 Å². The molecule has 60 valence electrons. The lowest BCUT2D eigenvalue weighted by atomic mass is 10.3. The predicted molar refractivity (Wildman–Crippen MR) is 43.0 cm³/mol. The average molecular weight is 153 g/mol. The SMILES string of the molecule is C=CCC(=O)NC(C=C)C=O. The van der Waals surface area contributed by atoms with Crippen LogP contribution in [0.25, 0.3) is 0 Å². The second kappa shape index (κ2) is 5.41. The van der Waals surface area contributed by atoms with Gasteiger partial charge in [-0.3, -0.25) is 4.79 Å². The van der Waals surface area contributed by atoms with Gasteiger partial charge in [-0.15, -0.1) is 13.2 Å². The predicted octanol–water partition coefficient (Wildman–Crippen LogP) is 0.432. The van der Waals surface area contributed by atoms with Crippen LogP contribution in [0.4, 0.5) is 0 Å². The number of amides is 1. The van der Waals surface area contributed by atoms with Crippen molar-refractivity contribution in [1.29, 1.82) is 0 Å². The first kappa shape index (κ1) is 9.62. The molecule has 0 aromatic rings. The zero-order valence-corrected chi connectivity index (χ0v) is 6.25. The van der Waals surface area contributed by atoms with Gasteiger partial charge in [0.2, 0.25) is 5.91 Å². The second-order valence-corrected chi connectivity index (χ2v) is 1.96. The molecule has 0 aliphatic carbocycles. The Kier molecular flexibility index (Phi) is 4.73. The van der Waals surface area contributed by atoms with Crippen molar-refractivity contribution in [2.45, 2.75) is 12.5 Å². The highest BCUT2D eigenvalue weighted by Gasteiger charge is 2.04. The van der Waals surface area contributed by atoms with E-state index in [1.54, 1.807) is 0 Å². The van der Waals surface area contributed by atoms with E-state index in [0.717, 1.165) is 0 Å². The van der Waals surface area contributed by atoms with Crippen molar-refractivity contribution in [3.8, 4) is 0 Å². The van der Waals surface area contributed by atoms with Gasteiger partial charge in [0, 0.05) is 6.42 Å². The molecule has 0 aliphatic heterocycles. The third-order valence-corrected chi connectivity index (χ3v) is 1.06. The molecule has 3 nitrogen and oxygen atoms in total. The normalized spacial score (nSPS) is 11.3. The molecule has 0 aromatic heterocycles. The first-order chi connectivity index (χ1) is 5.24. The molecule has 0 aromatic carbocycles. The van der Waals surface area contributed by atoms with E-state index < -0.39 is 6.04 Å². The van der Waals surface area contributed by atoms with Gasteiger partial charge in [0.1, 0.15) is 12.3 Å². The van der Waals surface area contributed by atoms with Crippen molar-refractivity contribution in [2.24, 2.45) is 0 Å². The fraction of sp³-hybridized carbons (Fsp3) is 0.250. The maximum atomic E-state index is 10.8. The Balaban J connectivity index is 3.79. The Bertz CT molecular complexity index is 167. The molecular formula is C8H11NO2. The molecule has 0 saturated heterocycles. The molecule has 0 spiro atoms. The van der Waals surface area contributed by atoms with Gasteiger partial charge in [-0.25, -0.2) is 0 Å². The largest absolute Gasteiger partial charge is 0.343 e. The van der Waals surface area contributed by atoms with E-state index in [1.165, 1.54) is 12.2 Å². The van der Waals surface area contributed by atoms with Gasteiger partial charge < -0.3 is 10.1 Å². The highest BCUT2D eigenvalue weighted by molar-refractivity contribution is 5.81. The minimum absolute atomic E-state index is 0.220. The molecule has 0 rings (SSSR count). The Hall–Kier alpha value is -1.38. The molecule has 0 radical (unpaired) electrons. The Labute approximate surface area is 65.8 Å². The van der Waals surface area contributed by atoms with E-state index in [1.807, 2.05) is 0 Å². The van der Waals surface area contributed by atoms with Crippen molar-refractivity contribution in [3.63, 3.8) is 0 Å². The Morgan fingerprint density at radius 2 is 2.18 bits per heavy atom. The van der Waals surface area contributed by atoms with Gasteiger partial charge in [-0.05, 0) is 0 Å². The Morgan fingerprint density at radius 1 is 1.55 bits per heavy atom. The Morgan fingerprint density at radius 3 is 2.55 bits per heavy atom. The van der Waals surface area contributed by atoms with Gasteiger partial charge in [0.25, 0.3) is 0 Å². The van der Waals surface area contributed by atoms with E-state index in [4.69, 9.17) is 0 Å². The lowest BCUT2D eigenvalue weighted by Crippen LogP contribution is -2.33. The van der Waals surface area contributed by atoms with Gasteiger partial charge in [-0.2, -0.15) is 0 Å². The molecule has 0 saturated carbocycles. The van der Waals surface area contributed by atoms with Gasteiger partial charge in [0.05, 0.1) is 0 Å². The van der Waals surface area contributed by atoms with Crippen LogP contribution < -0.4 is 5.32 Å². The number of nitrogens with one attached hydrogen (secondary N) is 1. The number of hydrogen-bond acceptors (Lipinski definition) is 2. The summed E-state index contributed by atoms with van der Waals surface area (Å²) in [6.07, 6.45) is 3.68. The molecule has 1 amide bonds. The van der Waals surface area contributed by atoms with Crippen molar-refractivity contribution >= 4 is 12.2 Å². The van der Waals surface area contributed by atoms with Crippen LogP contribution in [0.5, 0.6) is 0 Å². The smallest absolute Gasteiger partial charge is 0.224 e. The topological polar surface area (TPSA) is 46.2 Å². The molecule has 1 unspecified atom stereocenters. The lowest BCUT2D eigenvalue weighted by Gasteiger charge is -2.05. The third kappa shape index (κ3) is 4.08. The van der Waals surface area contributed by atoms with Crippen LogP contribution >= 0.6 is 0 Å². The number of carbonyl (C=O) groups excluding carboxylic acids is 2. The number of carbonyl (C=O) groups is 2. The second-order valence-electron chi connectivity index (χ2n) is 1.96.